The van der Waals surface area contributed by atoms with Gasteiger partial charge < -0.3 is 26.4 Å². The van der Waals surface area contributed by atoms with E-state index in [4.69, 9.17) is 22.1 Å². The van der Waals surface area contributed by atoms with Crippen LogP contribution in [0, 0.1) is 17.5 Å². The van der Waals surface area contributed by atoms with Crippen LogP contribution in [0.1, 0.15) is 28.2 Å². The number of nitrogens with one attached hydrogen (secondary N) is 3. The summed E-state index contributed by atoms with van der Waals surface area (Å²) in [5.41, 5.74) is 9.52. The van der Waals surface area contributed by atoms with Gasteiger partial charge in [-0.3, -0.25) is 9.78 Å². The molecule has 5 rings (SSSR count). The van der Waals surface area contributed by atoms with Gasteiger partial charge >= 0.3 is 0 Å². The van der Waals surface area contributed by atoms with Crippen molar-refractivity contribution in [2.45, 2.75) is 37.1 Å². The van der Waals surface area contributed by atoms with Crippen molar-refractivity contribution in [3.63, 3.8) is 0 Å². The minimum Gasteiger partial charge on any atom is -0.367 e. The van der Waals surface area contributed by atoms with Crippen LogP contribution >= 0.6 is 11.6 Å². The molecular formula is C35H35ClF3N5O2. The Kier molecular flexibility index (Phi) is 11.2. The van der Waals surface area contributed by atoms with Crippen LogP contribution in [0.3, 0.4) is 0 Å². The fourth-order valence-corrected chi connectivity index (χ4v) is 5.68. The molecule has 1 fully saturated rings. The van der Waals surface area contributed by atoms with Crippen molar-refractivity contribution in [1.29, 1.82) is 0 Å². The van der Waals surface area contributed by atoms with E-state index in [0.717, 1.165) is 11.8 Å². The van der Waals surface area contributed by atoms with E-state index in [-0.39, 0.29) is 23.8 Å². The van der Waals surface area contributed by atoms with Gasteiger partial charge in [-0.1, -0.05) is 60.6 Å². The molecule has 0 saturated carbocycles. The Morgan fingerprint density at radius 1 is 1.00 bits per heavy atom. The molecule has 46 heavy (non-hydrogen) atoms. The molecule has 1 aromatic heterocycles. The molecule has 5 N–H and O–H groups in total. The molecule has 0 radical (unpaired) electrons. The van der Waals surface area contributed by atoms with E-state index in [1.54, 1.807) is 0 Å². The number of aromatic nitrogens is 1. The first-order chi connectivity index (χ1) is 22.2. The molecule has 1 aliphatic heterocycles. The minimum atomic E-state index is -1.19. The number of hydrogen-bond acceptors (Lipinski definition) is 6. The van der Waals surface area contributed by atoms with Crippen molar-refractivity contribution in [3.05, 3.63) is 142 Å². The average Bonchev–Trinajstić information content (AvgIpc) is 3.05. The summed E-state index contributed by atoms with van der Waals surface area (Å²) in [6.07, 6.45) is 1.93. The molecule has 3 unspecified atom stereocenters. The van der Waals surface area contributed by atoms with E-state index in [2.05, 4.69) is 27.5 Å². The van der Waals surface area contributed by atoms with E-state index in [0.29, 0.717) is 47.9 Å². The van der Waals surface area contributed by atoms with Gasteiger partial charge in [-0.2, -0.15) is 0 Å². The summed E-state index contributed by atoms with van der Waals surface area (Å²) < 4.78 is 48.9. The van der Waals surface area contributed by atoms with Crippen LogP contribution in [0.15, 0.2) is 97.3 Å². The van der Waals surface area contributed by atoms with Gasteiger partial charge in [-0.25, -0.2) is 13.2 Å². The van der Waals surface area contributed by atoms with Crippen molar-refractivity contribution in [2.75, 3.05) is 25.0 Å². The van der Waals surface area contributed by atoms with E-state index >= 15 is 4.39 Å². The number of amides is 1. The molecule has 1 amide bonds. The predicted molar refractivity (Wildman–Crippen MR) is 173 cm³/mol. The number of benzene rings is 3. The zero-order valence-corrected chi connectivity index (χ0v) is 25.7. The van der Waals surface area contributed by atoms with Crippen molar-refractivity contribution in [3.8, 4) is 0 Å². The third-order valence-corrected chi connectivity index (χ3v) is 8.31. The number of halogens is 4. The molecule has 240 valence electrons. The molecule has 0 spiro atoms. The Bertz CT molecular complexity index is 1610. The van der Waals surface area contributed by atoms with Gasteiger partial charge in [0.2, 0.25) is 5.91 Å². The second kappa shape index (κ2) is 15.5. The smallest absolute Gasteiger partial charge is 0.242 e. The van der Waals surface area contributed by atoms with E-state index in [9.17, 15) is 13.6 Å². The summed E-state index contributed by atoms with van der Waals surface area (Å²) in [7, 11) is 0. The number of morpholine rings is 1. The Morgan fingerprint density at radius 2 is 1.65 bits per heavy atom. The van der Waals surface area contributed by atoms with Crippen LogP contribution in [0.2, 0.25) is 5.02 Å². The molecule has 3 aromatic carbocycles. The van der Waals surface area contributed by atoms with Gasteiger partial charge in [0.05, 0.1) is 36.3 Å². The van der Waals surface area contributed by atoms with Gasteiger partial charge in [0.25, 0.3) is 0 Å². The van der Waals surface area contributed by atoms with Crippen LogP contribution in [0.25, 0.3) is 0 Å². The number of carbonyl (C=O) groups is 1. The highest BCUT2D eigenvalue weighted by Crippen LogP contribution is 2.30. The number of nitrogens with zero attached hydrogens (tertiary/aromatic N) is 1. The fraction of sp³-hybridized carbons (Fsp3) is 0.257. The maximum atomic E-state index is 15.2. The van der Waals surface area contributed by atoms with Crippen LogP contribution in [-0.4, -0.2) is 48.8 Å². The number of rotatable bonds is 12. The number of ether oxygens (including phenoxy) is 1. The predicted octanol–water partition coefficient (Wildman–Crippen LogP) is 5.50. The Balaban J connectivity index is 1.26. The standard InChI is InChI=1S/C35H35ClF3N5O2/c1-21(32-20-42-17-27(46-32)16-41-15-24-4-2-3-5-29(24)36)14-28-30(39)18-43-19-31(28)44-35(45)34(40)33(22-6-10-25(37)11-7-22)23-8-12-26(38)13-9-23/h2-13,18-19,27,32-34,41-42H,1,14-17,20,40H2,(H,44,45). The molecule has 7 nitrogen and oxygen atoms in total. The van der Waals surface area contributed by atoms with Gasteiger partial charge in [0.1, 0.15) is 17.5 Å². The number of hydrogen-bond donors (Lipinski definition) is 4. The monoisotopic (exact) mass is 649 g/mol. The average molecular weight is 650 g/mol. The quantitative estimate of drug-likeness (QED) is 0.151. The molecule has 1 aliphatic rings. The summed E-state index contributed by atoms with van der Waals surface area (Å²) in [6, 6.07) is 17.6. The van der Waals surface area contributed by atoms with Gasteiger partial charge in [-0.05, 0) is 52.6 Å². The Labute approximate surface area is 271 Å². The summed E-state index contributed by atoms with van der Waals surface area (Å²) in [4.78, 5) is 17.5. The van der Waals surface area contributed by atoms with Crippen molar-refractivity contribution in [1.82, 2.24) is 15.6 Å². The lowest BCUT2D eigenvalue weighted by molar-refractivity contribution is -0.117. The summed E-state index contributed by atoms with van der Waals surface area (Å²) in [5, 5.41) is 10.1. The van der Waals surface area contributed by atoms with Gasteiger partial charge in [0.15, 0.2) is 0 Å². The van der Waals surface area contributed by atoms with E-state index in [1.165, 1.54) is 54.7 Å². The van der Waals surface area contributed by atoms with Crippen LogP contribution in [0.5, 0.6) is 0 Å². The molecule has 1 saturated heterocycles. The highest BCUT2D eigenvalue weighted by molar-refractivity contribution is 6.31. The van der Waals surface area contributed by atoms with E-state index in [1.807, 2.05) is 24.3 Å². The third-order valence-electron chi connectivity index (χ3n) is 7.95. The zero-order chi connectivity index (χ0) is 32.6. The normalized spacial score (nSPS) is 17.1. The molecule has 0 bridgehead atoms. The minimum absolute atomic E-state index is 0.0741. The third kappa shape index (κ3) is 8.39. The Hall–Kier alpha value is -4.06. The Morgan fingerprint density at radius 3 is 2.30 bits per heavy atom. The maximum absolute atomic E-state index is 15.2. The molecular weight excluding hydrogens is 615 g/mol. The van der Waals surface area contributed by atoms with Crippen LogP contribution < -0.4 is 21.7 Å². The van der Waals surface area contributed by atoms with Crippen LogP contribution in [-0.2, 0) is 22.5 Å². The first-order valence-electron chi connectivity index (χ1n) is 14.9. The number of anilines is 1. The van der Waals surface area contributed by atoms with Crippen molar-refractivity contribution in [2.24, 2.45) is 5.73 Å². The second-order valence-corrected chi connectivity index (χ2v) is 11.6. The molecule has 2 heterocycles. The SMILES string of the molecule is C=C(Cc1c(F)cncc1NC(=O)C(N)C(c1ccc(F)cc1)c1ccc(F)cc1)C1CNCC(CNCc2ccccc2Cl)O1. The molecule has 4 aromatic rings. The van der Waals surface area contributed by atoms with Crippen molar-refractivity contribution < 1.29 is 22.7 Å². The lowest BCUT2D eigenvalue weighted by Gasteiger charge is -2.32. The highest BCUT2D eigenvalue weighted by atomic mass is 35.5. The van der Waals surface area contributed by atoms with Gasteiger partial charge in [-0.15, -0.1) is 0 Å². The summed E-state index contributed by atoms with van der Waals surface area (Å²) >= 11 is 6.26. The van der Waals surface area contributed by atoms with Crippen molar-refractivity contribution >= 4 is 23.2 Å². The lowest BCUT2D eigenvalue weighted by atomic mass is 9.85. The van der Waals surface area contributed by atoms with E-state index < -0.39 is 41.4 Å². The fourth-order valence-electron chi connectivity index (χ4n) is 5.48. The zero-order valence-electron chi connectivity index (χ0n) is 25.0. The summed E-state index contributed by atoms with van der Waals surface area (Å²) in [6.45, 7) is 6.45. The molecule has 3 atom stereocenters. The topological polar surface area (TPSA) is 101 Å². The largest absolute Gasteiger partial charge is 0.367 e. The highest BCUT2D eigenvalue weighted by Gasteiger charge is 2.30. The van der Waals surface area contributed by atoms with Crippen LogP contribution in [0.4, 0.5) is 18.9 Å². The number of pyridine rings is 1. The second-order valence-electron chi connectivity index (χ2n) is 11.2. The maximum Gasteiger partial charge on any atom is 0.242 e. The summed E-state index contributed by atoms with van der Waals surface area (Å²) in [5.74, 6) is -2.90. The van der Waals surface area contributed by atoms with Gasteiger partial charge in [0, 0.05) is 49.1 Å². The first-order valence-corrected chi connectivity index (χ1v) is 15.2. The number of carbonyl (C=O) groups excluding carboxylic acids is 1. The molecule has 0 aliphatic carbocycles. The lowest BCUT2D eigenvalue weighted by Crippen LogP contribution is -2.49. The molecule has 11 heteroatoms. The number of nitrogens with two attached hydrogens (primary N) is 1. The first kappa shape index (κ1) is 33.3.